The number of hydrogen-bond acceptors (Lipinski definition) is 6. The molecular formula is C29H33N3O6S. The van der Waals surface area contributed by atoms with Crippen molar-refractivity contribution in [3.8, 4) is 5.75 Å². The average Bonchev–Trinajstić information content (AvgIpc) is 2.98. The third-order valence-electron chi connectivity index (χ3n) is 6.47. The summed E-state index contributed by atoms with van der Waals surface area (Å²) in [7, 11) is -3.63. The van der Waals surface area contributed by atoms with Crippen LogP contribution in [0.4, 0.5) is 0 Å². The fourth-order valence-electron chi connectivity index (χ4n) is 4.17. The first-order valence-electron chi connectivity index (χ1n) is 12.8. The molecule has 0 saturated carbocycles. The van der Waals surface area contributed by atoms with Crippen molar-refractivity contribution in [2.45, 2.75) is 31.0 Å². The highest BCUT2D eigenvalue weighted by Crippen LogP contribution is 2.21. The first kappa shape index (κ1) is 28.3. The number of nitrogens with zero attached hydrogens (tertiary/aromatic N) is 2. The van der Waals surface area contributed by atoms with E-state index < -0.39 is 16.1 Å². The molecule has 1 aliphatic rings. The Kier molecular flexibility index (Phi) is 9.69. The number of amides is 2. The summed E-state index contributed by atoms with van der Waals surface area (Å²) in [5.74, 6) is -0.294. The lowest BCUT2D eigenvalue weighted by Gasteiger charge is -2.29. The summed E-state index contributed by atoms with van der Waals surface area (Å²) in [5, 5.41) is 2.90. The Balaban J connectivity index is 1.40. The van der Waals surface area contributed by atoms with Crippen LogP contribution in [0.1, 0.15) is 18.1 Å². The molecule has 0 spiro atoms. The van der Waals surface area contributed by atoms with Gasteiger partial charge < -0.3 is 19.7 Å². The second-order valence-corrected chi connectivity index (χ2v) is 11.1. The van der Waals surface area contributed by atoms with Crippen LogP contribution in [-0.2, 0) is 37.4 Å². The molecule has 1 saturated heterocycles. The zero-order valence-electron chi connectivity index (χ0n) is 21.9. The van der Waals surface area contributed by atoms with E-state index in [4.69, 9.17) is 9.47 Å². The van der Waals surface area contributed by atoms with Crippen LogP contribution >= 0.6 is 0 Å². The molecule has 3 aromatic carbocycles. The Morgan fingerprint density at radius 3 is 2.13 bits per heavy atom. The summed E-state index contributed by atoms with van der Waals surface area (Å²) in [4.78, 5) is 27.9. The van der Waals surface area contributed by atoms with E-state index in [9.17, 15) is 18.0 Å². The van der Waals surface area contributed by atoms with Crippen LogP contribution in [0, 0.1) is 0 Å². The minimum absolute atomic E-state index is 0.150. The maximum atomic E-state index is 13.3. The van der Waals surface area contributed by atoms with Crippen molar-refractivity contribution in [2.75, 3.05) is 32.9 Å². The second kappa shape index (κ2) is 13.4. The molecule has 0 radical (unpaired) electrons. The highest BCUT2D eigenvalue weighted by atomic mass is 32.2. The summed E-state index contributed by atoms with van der Waals surface area (Å²) in [5.41, 5.74) is 1.84. The van der Waals surface area contributed by atoms with Crippen LogP contribution in [0.15, 0.2) is 89.8 Å². The van der Waals surface area contributed by atoms with Crippen LogP contribution < -0.4 is 10.1 Å². The maximum Gasteiger partial charge on any atom is 0.261 e. The molecule has 0 aromatic heterocycles. The summed E-state index contributed by atoms with van der Waals surface area (Å²) in [6.45, 7) is 3.32. The predicted octanol–water partition coefficient (Wildman–Crippen LogP) is 2.82. The van der Waals surface area contributed by atoms with Crippen molar-refractivity contribution in [1.29, 1.82) is 0 Å². The number of morpholine rings is 1. The molecule has 0 unspecified atom stereocenters. The number of rotatable bonds is 11. The van der Waals surface area contributed by atoms with Gasteiger partial charge in [-0.3, -0.25) is 9.59 Å². The molecule has 0 bridgehead atoms. The van der Waals surface area contributed by atoms with Gasteiger partial charge >= 0.3 is 0 Å². The van der Waals surface area contributed by atoms with E-state index in [1.54, 1.807) is 6.92 Å². The Morgan fingerprint density at radius 1 is 0.923 bits per heavy atom. The third-order valence-corrected chi connectivity index (χ3v) is 8.38. The quantitative estimate of drug-likeness (QED) is 0.393. The maximum absolute atomic E-state index is 13.3. The van der Waals surface area contributed by atoms with E-state index in [1.165, 1.54) is 33.5 Å². The largest absolute Gasteiger partial charge is 0.484 e. The summed E-state index contributed by atoms with van der Waals surface area (Å²) < 4.78 is 38.0. The molecule has 1 atom stereocenters. The van der Waals surface area contributed by atoms with Crippen molar-refractivity contribution in [2.24, 2.45) is 0 Å². The SMILES string of the molecule is C[C@H](C(=O)NCc1ccccc1)N(Cc1ccccc1)C(=O)COc1ccc(S(=O)(=O)N2CCOCC2)cc1. The standard InChI is InChI=1S/C29H33N3O6S/c1-23(29(34)30-20-24-8-4-2-5-9-24)32(21-25-10-6-3-7-11-25)28(33)22-38-26-12-14-27(15-13-26)39(35,36)31-16-18-37-19-17-31/h2-15,23H,16-22H2,1H3,(H,30,34)/t23-/m1/s1. The average molecular weight is 552 g/mol. The molecule has 3 aromatic rings. The zero-order valence-corrected chi connectivity index (χ0v) is 22.7. The Bertz CT molecular complexity index is 1330. The molecule has 206 valence electrons. The zero-order chi connectivity index (χ0) is 27.7. The molecular weight excluding hydrogens is 518 g/mol. The minimum atomic E-state index is -3.63. The van der Waals surface area contributed by atoms with Crippen LogP contribution in [-0.4, -0.2) is 68.4 Å². The smallest absolute Gasteiger partial charge is 0.261 e. The Morgan fingerprint density at radius 2 is 1.51 bits per heavy atom. The van der Waals surface area contributed by atoms with Crippen molar-refractivity contribution in [3.63, 3.8) is 0 Å². The third kappa shape index (κ3) is 7.66. The first-order valence-corrected chi connectivity index (χ1v) is 14.2. The van der Waals surface area contributed by atoms with E-state index in [-0.39, 0.29) is 29.9 Å². The number of hydrogen-bond donors (Lipinski definition) is 1. The van der Waals surface area contributed by atoms with Gasteiger partial charge in [-0.1, -0.05) is 60.7 Å². The molecule has 2 amide bonds. The lowest BCUT2D eigenvalue weighted by atomic mass is 10.1. The van der Waals surface area contributed by atoms with Crippen molar-refractivity contribution in [3.05, 3.63) is 96.1 Å². The van der Waals surface area contributed by atoms with Gasteiger partial charge in [-0.15, -0.1) is 0 Å². The molecule has 10 heteroatoms. The lowest BCUT2D eigenvalue weighted by molar-refractivity contribution is -0.142. The highest BCUT2D eigenvalue weighted by Gasteiger charge is 2.28. The van der Waals surface area contributed by atoms with Gasteiger partial charge in [0, 0.05) is 26.2 Å². The second-order valence-electron chi connectivity index (χ2n) is 9.16. The first-order chi connectivity index (χ1) is 18.8. The molecule has 1 fully saturated rings. The van der Waals surface area contributed by atoms with E-state index >= 15 is 0 Å². The number of carbonyl (C=O) groups is 2. The Labute approximate surface area is 229 Å². The molecule has 1 heterocycles. The van der Waals surface area contributed by atoms with E-state index in [0.29, 0.717) is 38.6 Å². The fraction of sp³-hybridized carbons (Fsp3) is 0.310. The topological polar surface area (TPSA) is 105 Å². The van der Waals surface area contributed by atoms with E-state index in [1.807, 2.05) is 60.7 Å². The van der Waals surface area contributed by atoms with Crippen LogP contribution in [0.3, 0.4) is 0 Å². The van der Waals surface area contributed by atoms with Crippen molar-refractivity contribution in [1.82, 2.24) is 14.5 Å². The van der Waals surface area contributed by atoms with Crippen LogP contribution in [0.25, 0.3) is 0 Å². The van der Waals surface area contributed by atoms with Crippen LogP contribution in [0.5, 0.6) is 5.75 Å². The monoisotopic (exact) mass is 551 g/mol. The van der Waals surface area contributed by atoms with Gasteiger partial charge in [-0.05, 0) is 42.3 Å². The fourth-order valence-corrected chi connectivity index (χ4v) is 5.58. The number of sulfonamides is 1. The number of nitrogens with one attached hydrogen (secondary N) is 1. The predicted molar refractivity (Wildman–Crippen MR) is 146 cm³/mol. The molecule has 1 N–H and O–H groups in total. The molecule has 1 aliphatic heterocycles. The molecule has 39 heavy (non-hydrogen) atoms. The highest BCUT2D eigenvalue weighted by molar-refractivity contribution is 7.89. The van der Waals surface area contributed by atoms with Crippen molar-refractivity contribution >= 4 is 21.8 Å². The Hall–Kier alpha value is -3.73. The number of carbonyl (C=O) groups excluding carboxylic acids is 2. The lowest BCUT2D eigenvalue weighted by Crippen LogP contribution is -2.48. The van der Waals surface area contributed by atoms with Crippen molar-refractivity contribution < 1.29 is 27.5 Å². The summed E-state index contributed by atoms with van der Waals surface area (Å²) in [6.07, 6.45) is 0. The number of ether oxygens (including phenoxy) is 2. The van der Waals surface area contributed by atoms with Gasteiger partial charge in [-0.25, -0.2) is 8.42 Å². The van der Waals surface area contributed by atoms with Crippen LogP contribution in [0.2, 0.25) is 0 Å². The van der Waals surface area contributed by atoms with Gasteiger partial charge in [0.05, 0.1) is 18.1 Å². The van der Waals surface area contributed by atoms with E-state index in [2.05, 4.69) is 5.32 Å². The van der Waals surface area contributed by atoms with Gasteiger partial charge in [0.25, 0.3) is 5.91 Å². The molecule has 0 aliphatic carbocycles. The minimum Gasteiger partial charge on any atom is -0.484 e. The summed E-state index contributed by atoms with van der Waals surface area (Å²) >= 11 is 0. The van der Waals surface area contributed by atoms with Gasteiger partial charge in [0.1, 0.15) is 11.8 Å². The normalized spacial score (nSPS) is 14.8. The van der Waals surface area contributed by atoms with E-state index in [0.717, 1.165) is 11.1 Å². The van der Waals surface area contributed by atoms with Gasteiger partial charge in [0.2, 0.25) is 15.9 Å². The van der Waals surface area contributed by atoms with Gasteiger partial charge in [-0.2, -0.15) is 4.31 Å². The number of benzene rings is 3. The molecule has 4 rings (SSSR count). The van der Waals surface area contributed by atoms with Gasteiger partial charge in [0.15, 0.2) is 6.61 Å². The molecule has 9 nitrogen and oxygen atoms in total. The summed E-state index contributed by atoms with van der Waals surface area (Å²) in [6, 6.07) is 24.2.